The molecule has 4 aliphatic rings. The first-order chi connectivity index (χ1) is 13.8. The summed E-state index contributed by atoms with van der Waals surface area (Å²) in [5.41, 5.74) is 0.484. The monoisotopic (exact) mass is 397 g/mol. The summed E-state index contributed by atoms with van der Waals surface area (Å²) in [7, 11) is 2.05. The maximum atomic E-state index is 12.4. The molecule has 1 saturated heterocycles. The van der Waals surface area contributed by atoms with Gasteiger partial charge in [-0.3, -0.25) is 9.78 Å². The summed E-state index contributed by atoms with van der Waals surface area (Å²) in [5, 5.41) is 0. The Morgan fingerprint density at radius 1 is 1.10 bits per heavy atom. The number of rotatable bonds is 2. The van der Waals surface area contributed by atoms with E-state index in [1.54, 1.807) is 18.6 Å². The molecule has 1 aliphatic heterocycles. The lowest BCUT2D eigenvalue weighted by atomic mass is 9.45. The summed E-state index contributed by atoms with van der Waals surface area (Å²) >= 11 is 0. The number of likely N-dealkylation sites (tertiary alicyclic amines) is 1. The third-order valence-electron chi connectivity index (χ3n) is 9.65. The molecule has 4 fully saturated rings. The quantitative estimate of drug-likeness (QED) is 0.745. The maximum absolute atomic E-state index is 12.4. The van der Waals surface area contributed by atoms with Crippen LogP contribution in [0.4, 0.5) is 0 Å². The van der Waals surface area contributed by atoms with E-state index < -0.39 is 0 Å². The molecule has 5 nitrogen and oxygen atoms in total. The van der Waals surface area contributed by atoms with E-state index in [2.05, 4.69) is 35.6 Å². The zero-order valence-electron chi connectivity index (χ0n) is 18.3. The van der Waals surface area contributed by atoms with Gasteiger partial charge in [-0.05, 0) is 67.6 Å². The van der Waals surface area contributed by atoms with Crippen LogP contribution in [0.25, 0.3) is 0 Å². The second kappa shape index (κ2) is 6.68. The number of piperidine rings is 1. The molecule has 3 unspecified atom stereocenters. The Morgan fingerprint density at radius 2 is 1.90 bits per heavy atom. The Bertz CT molecular complexity index is 786. The smallest absolute Gasteiger partial charge is 0.232 e. The van der Waals surface area contributed by atoms with Gasteiger partial charge in [0.15, 0.2) is 0 Å². The van der Waals surface area contributed by atoms with Gasteiger partial charge in [-0.1, -0.05) is 20.8 Å². The number of ether oxygens (including phenoxy) is 1. The predicted octanol–water partition coefficient (Wildman–Crippen LogP) is 4.33. The highest BCUT2D eigenvalue weighted by molar-refractivity contribution is 5.77. The molecule has 3 saturated carbocycles. The number of carbonyl (C=O) groups is 1. The van der Waals surface area contributed by atoms with Gasteiger partial charge in [0, 0.05) is 37.3 Å². The van der Waals surface area contributed by atoms with Crippen LogP contribution in [0.3, 0.4) is 0 Å². The maximum Gasteiger partial charge on any atom is 0.232 e. The van der Waals surface area contributed by atoms with E-state index in [1.807, 2.05) is 7.05 Å². The number of hydrogen-bond donors (Lipinski definition) is 0. The molecule has 0 N–H and O–H groups in total. The Balaban J connectivity index is 1.42. The molecule has 3 aliphatic carbocycles. The van der Waals surface area contributed by atoms with Crippen LogP contribution in [-0.4, -0.2) is 40.0 Å². The number of carbonyl (C=O) groups excluding carboxylic acids is 1. The van der Waals surface area contributed by atoms with Gasteiger partial charge >= 0.3 is 0 Å². The first-order valence-corrected chi connectivity index (χ1v) is 11.5. The van der Waals surface area contributed by atoms with Crippen molar-refractivity contribution in [3.05, 3.63) is 18.6 Å². The van der Waals surface area contributed by atoms with Gasteiger partial charge in [-0.15, -0.1) is 0 Å². The molecular formula is C24H35N3O2. The predicted molar refractivity (Wildman–Crippen MR) is 111 cm³/mol. The van der Waals surface area contributed by atoms with Crippen LogP contribution in [0.1, 0.15) is 65.7 Å². The van der Waals surface area contributed by atoms with Crippen molar-refractivity contribution in [1.82, 2.24) is 14.9 Å². The summed E-state index contributed by atoms with van der Waals surface area (Å²) in [6, 6.07) is 0.414. The number of amides is 1. The first-order valence-electron chi connectivity index (χ1n) is 11.5. The second-order valence-corrected chi connectivity index (χ2v) is 10.8. The molecule has 1 aromatic heterocycles. The molecule has 29 heavy (non-hydrogen) atoms. The van der Waals surface area contributed by atoms with Gasteiger partial charge in [0.2, 0.25) is 11.8 Å². The van der Waals surface area contributed by atoms with Crippen molar-refractivity contribution >= 4 is 5.91 Å². The third kappa shape index (κ3) is 2.75. The summed E-state index contributed by atoms with van der Waals surface area (Å²) in [6.45, 7) is 7.42. The summed E-state index contributed by atoms with van der Waals surface area (Å²) in [6.07, 6.45) is 13.2. The third-order valence-corrected chi connectivity index (χ3v) is 9.65. The van der Waals surface area contributed by atoms with E-state index in [0.717, 1.165) is 37.5 Å². The molecule has 1 amide bonds. The van der Waals surface area contributed by atoms with Crippen molar-refractivity contribution in [1.29, 1.82) is 0 Å². The van der Waals surface area contributed by atoms with Gasteiger partial charge in [-0.2, -0.15) is 0 Å². The molecule has 1 aromatic rings. The first kappa shape index (κ1) is 19.3. The highest BCUT2D eigenvalue weighted by Gasteiger charge is 2.63. The Labute approximate surface area is 174 Å². The average molecular weight is 398 g/mol. The zero-order valence-corrected chi connectivity index (χ0v) is 18.3. The van der Waals surface area contributed by atoms with Crippen molar-refractivity contribution in [3.63, 3.8) is 0 Å². The van der Waals surface area contributed by atoms with Crippen LogP contribution in [0, 0.1) is 34.5 Å². The van der Waals surface area contributed by atoms with Crippen LogP contribution in [0.5, 0.6) is 5.88 Å². The number of nitrogens with zero attached hydrogens (tertiary/aromatic N) is 3. The molecular weight excluding hydrogens is 362 g/mol. The highest BCUT2D eigenvalue weighted by atomic mass is 16.5. The van der Waals surface area contributed by atoms with Gasteiger partial charge in [0.25, 0.3) is 0 Å². The SMILES string of the molecule is CC1CC2N(C)C(=O)CC[C@]2(C)[C@@H]2CC[C@]3(C)C(Oc4cnccn4)CC[C@H]3[C@H]12. The number of aromatic nitrogens is 2. The topological polar surface area (TPSA) is 55.3 Å². The fourth-order valence-corrected chi connectivity index (χ4v) is 8.10. The van der Waals surface area contributed by atoms with Gasteiger partial charge in [-0.25, -0.2) is 4.98 Å². The lowest BCUT2D eigenvalue weighted by Gasteiger charge is -2.63. The van der Waals surface area contributed by atoms with Crippen molar-refractivity contribution in [3.8, 4) is 5.88 Å². The number of fused-ring (bicyclic) bond motifs is 5. The molecule has 2 heterocycles. The second-order valence-electron chi connectivity index (χ2n) is 10.8. The molecule has 5 rings (SSSR count). The molecule has 0 radical (unpaired) electrons. The van der Waals surface area contributed by atoms with Gasteiger partial charge < -0.3 is 9.64 Å². The molecule has 0 bridgehead atoms. The number of hydrogen-bond acceptors (Lipinski definition) is 4. The van der Waals surface area contributed by atoms with Crippen LogP contribution >= 0.6 is 0 Å². The zero-order chi connectivity index (χ0) is 20.4. The van der Waals surface area contributed by atoms with Crippen LogP contribution < -0.4 is 4.74 Å². The Morgan fingerprint density at radius 3 is 2.66 bits per heavy atom. The molecule has 0 spiro atoms. The van der Waals surface area contributed by atoms with E-state index in [1.165, 1.54) is 19.3 Å². The van der Waals surface area contributed by atoms with Crippen LogP contribution in [0.15, 0.2) is 18.6 Å². The highest BCUT2D eigenvalue weighted by Crippen LogP contribution is 2.66. The lowest BCUT2D eigenvalue weighted by molar-refractivity contribution is -0.168. The van der Waals surface area contributed by atoms with Gasteiger partial charge in [0.05, 0.1) is 6.20 Å². The van der Waals surface area contributed by atoms with Crippen molar-refractivity contribution in [2.45, 2.75) is 77.9 Å². The minimum Gasteiger partial charge on any atom is -0.473 e. The Hall–Kier alpha value is -1.65. The van der Waals surface area contributed by atoms with E-state index >= 15 is 0 Å². The Kier molecular flexibility index (Phi) is 4.45. The minimum atomic E-state index is 0.215. The van der Waals surface area contributed by atoms with E-state index in [-0.39, 0.29) is 16.9 Å². The fraction of sp³-hybridized carbons (Fsp3) is 0.792. The fourth-order valence-electron chi connectivity index (χ4n) is 8.10. The largest absolute Gasteiger partial charge is 0.473 e. The van der Waals surface area contributed by atoms with Crippen molar-refractivity contribution in [2.75, 3.05) is 7.05 Å². The van der Waals surface area contributed by atoms with Crippen molar-refractivity contribution < 1.29 is 9.53 Å². The van der Waals surface area contributed by atoms with E-state index in [4.69, 9.17) is 4.74 Å². The van der Waals surface area contributed by atoms with Crippen LogP contribution in [0.2, 0.25) is 0 Å². The molecule has 158 valence electrons. The minimum absolute atomic E-state index is 0.215. The normalized spacial score (nSPS) is 46.6. The van der Waals surface area contributed by atoms with E-state index in [0.29, 0.717) is 29.7 Å². The molecule has 5 heteroatoms. The van der Waals surface area contributed by atoms with E-state index in [9.17, 15) is 4.79 Å². The van der Waals surface area contributed by atoms with Crippen molar-refractivity contribution in [2.24, 2.45) is 34.5 Å². The average Bonchev–Trinajstić information content (AvgIpc) is 3.04. The standard InChI is InChI=1S/C24H35N3O2/c1-15-13-18-23(2,10-8-21(28)27(18)4)17-7-9-24(3)16(22(15)17)5-6-19(24)29-20-14-25-11-12-26-20/h11-12,14-19,22H,5-10,13H2,1-4H3/t15?,16-,17+,18?,19?,22-,23+,24-/m0/s1. The van der Waals surface area contributed by atoms with Gasteiger partial charge in [0.1, 0.15) is 6.10 Å². The molecule has 8 atom stereocenters. The summed E-state index contributed by atoms with van der Waals surface area (Å²) in [4.78, 5) is 23.0. The lowest BCUT2D eigenvalue weighted by Crippen LogP contribution is -2.63. The molecule has 0 aromatic carbocycles. The summed E-state index contributed by atoms with van der Waals surface area (Å²) < 4.78 is 6.40. The summed E-state index contributed by atoms with van der Waals surface area (Å²) in [5.74, 6) is 3.84. The van der Waals surface area contributed by atoms with Crippen LogP contribution in [-0.2, 0) is 4.79 Å².